The van der Waals surface area contributed by atoms with Crippen LogP contribution >= 0.6 is 23.3 Å². The van der Waals surface area contributed by atoms with Crippen LogP contribution in [0.5, 0.6) is 0 Å². The molecule has 1 aromatic rings. The van der Waals surface area contributed by atoms with Crippen molar-refractivity contribution in [1.82, 2.24) is 4.37 Å². The second kappa shape index (κ2) is 9.88. The van der Waals surface area contributed by atoms with Crippen LogP contribution in [-0.2, 0) is 4.74 Å². The van der Waals surface area contributed by atoms with Gasteiger partial charge in [-0.3, -0.25) is 0 Å². The van der Waals surface area contributed by atoms with E-state index in [1.807, 2.05) is 11.8 Å². The molecule has 0 unspecified atom stereocenters. The molecule has 0 spiro atoms. The molecular formula is C13H23N3O2S2. The highest BCUT2D eigenvalue weighted by molar-refractivity contribution is 7.98. The van der Waals surface area contributed by atoms with Gasteiger partial charge >= 0.3 is 5.97 Å². The van der Waals surface area contributed by atoms with Crippen LogP contribution in [0.15, 0.2) is 0 Å². The summed E-state index contributed by atoms with van der Waals surface area (Å²) in [5.74, 6) is 1.07. The maximum absolute atomic E-state index is 11.8. The number of thioether (sulfide) groups is 1. The van der Waals surface area contributed by atoms with Crippen molar-refractivity contribution in [2.24, 2.45) is 0 Å². The molecule has 1 rings (SSSR count). The van der Waals surface area contributed by atoms with Crippen LogP contribution in [0, 0.1) is 0 Å². The minimum Gasteiger partial charge on any atom is -0.462 e. The first-order valence-corrected chi connectivity index (χ1v) is 9.02. The van der Waals surface area contributed by atoms with Crippen molar-refractivity contribution in [3.63, 3.8) is 0 Å². The van der Waals surface area contributed by atoms with Crippen LogP contribution in [0.25, 0.3) is 0 Å². The molecule has 0 aliphatic rings. The Kier molecular flexibility index (Phi) is 8.45. The van der Waals surface area contributed by atoms with Gasteiger partial charge in [-0.1, -0.05) is 12.8 Å². The van der Waals surface area contributed by atoms with Crippen LogP contribution in [0.3, 0.4) is 0 Å². The number of carbonyl (C=O) groups excluding carboxylic acids is 1. The van der Waals surface area contributed by atoms with Gasteiger partial charge in [0.1, 0.15) is 10.6 Å². The van der Waals surface area contributed by atoms with Gasteiger partial charge in [-0.15, -0.1) is 0 Å². The zero-order valence-corrected chi connectivity index (χ0v) is 13.7. The normalized spacial score (nSPS) is 10.5. The fraction of sp³-hybridized carbons (Fsp3) is 0.692. The van der Waals surface area contributed by atoms with E-state index in [9.17, 15) is 4.79 Å². The van der Waals surface area contributed by atoms with Crippen molar-refractivity contribution in [1.29, 1.82) is 0 Å². The summed E-state index contributed by atoms with van der Waals surface area (Å²) in [6.07, 6.45) is 6.92. The Balaban J connectivity index is 2.35. The summed E-state index contributed by atoms with van der Waals surface area (Å²) in [5.41, 5.74) is 6.09. The highest BCUT2D eigenvalue weighted by atomic mass is 32.2. The number of rotatable bonds is 10. The van der Waals surface area contributed by atoms with Gasteiger partial charge in [-0.25, -0.2) is 4.79 Å². The first-order valence-electron chi connectivity index (χ1n) is 6.85. The van der Waals surface area contributed by atoms with E-state index in [2.05, 4.69) is 15.9 Å². The molecule has 0 saturated heterocycles. The van der Waals surface area contributed by atoms with E-state index < -0.39 is 5.97 Å². The lowest BCUT2D eigenvalue weighted by molar-refractivity contribution is 0.0529. The second-order valence-electron chi connectivity index (χ2n) is 4.33. The molecular weight excluding hydrogens is 294 g/mol. The number of hydrogen-bond donors (Lipinski definition) is 2. The number of aromatic nitrogens is 1. The van der Waals surface area contributed by atoms with Gasteiger partial charge in [0, 0.05) is 6.54 Å². The minimum absolute atomic E-state index is 0.246. The van der Waals surface area contributed by atoms with Gasteiger partial charge < -0.3 is 15.8 Å². The first kappa shape index (κ1) is 17.1. The Morgan fingerprint density at radius 3 is 2.85 bits per heavy atom. The van der Waals surface area contributed by atoms with Crippen molar-refractivity contribution < 1.29 is 9.53 Å². The Hall–Kier alpha value is -0.950. The standard InChI is InChI=1S/C13H23N3O2S2/c1-3-18-13(17)10-11(14)16-20-12(10)15-8-6-4-5-7-9-19-2/h15H,3-9H2,1-2H3,(H2,14,16). The molecule has 0 saturated carbocycles. The predicted octanol–water partition coefficient (Wildman–Crippen LogP) is 3.24. The number of nitrogen functional groups attached to an aromatic ring is 1. The van der Waals surface area contributed by atoms with E-state index in [0.29, 0.717) is 17.2 Å². The van der Waals surface area contributed by atoms with Crippen LogP contribution in [0.1, 0.15) is 43.0 Å². The Labute approximate surface area is 128 Å². The van der Waals surface area contributed by atoms with Gasteiger partial charge in [0.2, 0.25) is 0 Å². The average molecular weight is 317 g/mol. The molecule has 0 fully saturated rings. The van der Waals surface area contributed by atoms with E-state index in [1.165, 1.54) is 36.5 Å². The molecule has 0 aliphatic heterocycles. The third kappa shape index (κ3) is 5.58. The SMILES string of the molecule is CCOC(=O)c1c(N)nsc1NCCCCCCSC. The smallest absolute Gasteiger partial charge is 0.344 e. The highest BCUT2D eigenvalue weighted by Crippen LogP contribution is 2.27. The predicted molar refractivity (Wildman–Crippen MR) is 87.8 cm³/mol. The average Bonchev–Trinajstić information content (AvgIpc) is 2.79. The molecule has 20 heavy (non-hydrogen) atoms. The maximum atomic E-state index is 11.8. The number of unbranched alkanes of at least 4 members (excludes halogenated alkanes) is 3. The van der Waals surface area contributed by atoms with Gasteiger partial charge in [-0.05, 0) is 43.3 Å². The lowest BCUT2D eigenvalue weighted by Gasteiger charge is -2.06. The van der Waals surface area contributed by atoms with Crippen molar-refractivity contribution in [2.45, 2.75) is 32.6 Å². The quantitative estimate of drug-likeness (QED) is 0.509. The molecule has 7 heteroatoms. The van der Waals surface area contributed by atoms with Crippen LogP contribution in [0.4, 0.5) is 10.8 Å². The Morgan fingerprint density at radius 2 is 2.15 bits per heavy atom. The van der Waals surface area contributed by atoms with Gasteiger partial charge in [-0.2, -0.15) is 16.1 Å². The summed E-state index contributed by atoms with van der Waals surface area (Å²) in [6.45, 7) is 2.94. The molecule has 3 N–H and O–H groups in total. The van der Waals surface area contributed by atoms with Gasteiger partial charge in [0.05, 0.1) is 6.61 Å². The zero-order valence-electron chi connectivity index (χ0n) is 12.1. The number of carbonyl (C=O) groups is 1. The molecule has 0 bridgehead atoms. The highest BCUT2D eigenvalue weighted by Gasteiger charge is 2.19. The number of anilines is 2. The molecule has 1 aromatic heterocycles. The first-order chi connectivity index (χ1) is 9.70. The number of esters is 1. The van der Waals surface area contributed by atoms with E-state index in [-0.39, 0.29) is 5.82 Å². The summed E-state index contributed by atoms with van der Waals surface area (Å²) in [7, 11) is 0. The van der Waals surface area contributed by atoms with E-state index >= 15 is 0 Å². The van der Waals surface area contributed by atoms with Crippen molar-refractivity contribution in [3.8, 4) is 0 Å². The molecule has 0 aromatic carbocycles. The lowest BCUT2D eigenvalue weighted by Crippen LogP contribution is -2.10. The van der Waals surface area contributed by atoms with Crippen molar-refractivity contribution in [2.75, 3.05) is 36.2 Å². The third-order valence-corrected chi connectivity index (χ3v) is 4.27. The molecule has 0 radical (unpaired) electrons. The van der Waals surface area contributed by atoms with Gasteiger partial charge in [0.25, 0.3) is 0 Å². The van der Waals surface area contributed by atoms with Gasteiger partial charge in [0.15, 0.2) is 5.82 Å². The van der Waals surface area contributed by atoms with E-state index in [4.69, 9.17) is 10.5 Å². The number of hydrogen-bond acceptors (Lipinski definition) is 7. The Morgan fingerprint density at radius 1 is 1.40 bits per heavy atom. The molecule has 0 aliphatic carbocycles. The maximum Gasteiger partial charge on any atom is 0.344 e. The fourth-order valence-corrected chi connectivity index (χ4v) is 2.97. The number of ether oxygens (including phenoxy) is 1. The molecule has 0 atom stereocenters. The fourth-order valence-electron chi connectivity index (χ4n) is 1.75. The molecule has 5 nitrogen and oxygen atoms in total. The summed E-state index contributed by atoms with van der Waals surface area (Å²) in [5, 5.41) is 3.95. The van der Waals surface area contributed by atoms with E-state index in [0.717, 1.165) is 13.0 Å². The summed E-state index contributed by atoms with van der Waals surface area (Å²) >= 11 is 3.10. The molecule has 114 valence electrons. The summed E-state index contributed by atoms with van der Waals surface area (Å²) in [6, 6.07) is 0. The van der Waals surface area contributed by atoms with Crippen LogP contribution < -0.4 is 11.1 Å². The van der Waals surface area contributed by atoms with E-state index in [1.54, 1.807) is 6.92 Å². The molecule has 0 amide bonds. The minimum atomic E-state index is -0.402. The van der Waals surface area contributed by atoms with Crippen molar-refractivity contribution in [3.05, 3.63) is 5.56 Å². The monoisotopic (exact) mass is 317 g/mol. The second-order valence-corrected chi connectivity index (χ2v) is 6.09. The largest absolute Gasteiger partial charge is 0.462 e. The number of nitrogens with one attached hydrogen (secondary N) is 1. The zero-order chi connectivity index (χ0) is 14.8. The van der Waals surface area contributed by atoms with Crippen molar-refractivity contribution >= 4 is 40.1 Å². The Bertz CT molecular complexity index is 410. The van der Waals surface area contributed by atoms with Crippen LogP contribution in [-0.4, -0.2) is 35.5 Å². The number of nitrogens with two attached hydrogens (primary N) is 1. The topological polar surface area (TPSA) is 77.2 Å². The summed E-state index contributed by atoms with van der Waals surface area (Å²) in [4.78, 5) is 11.8. The lowest BCUT2D eigenvalue weighted by atomic mass is 10.2. The summed E-state index contributed by atoms with van der Waals surface area (Å²) < 4.78 is 9.00. The number of nitrogens with zero attached hydrogens (tertiary/aromatic N) is 1. The molecule has 1 heterocycles. The third-order valence-electron chi connectivity index (χ3n) is 2.76. The van der Waals surface area contributed by atoms with Crippen LogP contribution in [0.2, 0.25) is 0 Å².